The molecule has 2 N–H and O–H groups in total. The van der Waals surface area contributed by atoms with E-state index in [1.807, 2.05) is 20.8 Å². The number of methoxy groups -OCH3 is 1. The van der Waals surface area contributed by atoms with Crippen LogP contribution in [0, 0.1) is 5.82 Å². The standard InChI is InChI=1S/C19H21F4NO2.C2H6/c1-12(3-4-13-6-8-17(25)18(10-13)26-2)24-11-14-5-7-15(16(20)9-14)19(21,22)23;1-2/h5-10,12,24-25H,3-4,11H2,1-2H3;1-2H3. The second kappa shape index (κ2) is 10.9. The van der Waals surface area contributed by atoms with Crippen LogP contribution < -0.4 is 10.1 Å². The first-order valence-corrected chi connectivity index (χ1v) is 9.15. The molecule has 2 aromatic rings. The second-order valence-corrected chi connectivity index (χ2v) is 6.14. The van der Waals surface area contributed by atoms with Gasteiger partial charge < -0.3 is 15.2 Å². The Morgan fingerprint density at radius 2 is 1.71 bits per heavy atom. The van der Waals surface area contributed by atoms with E-state index < -0.39 is 17.6 Å². The molecule has 2 rings (SSSR count). The Balaban J connectivity index is 0.00000190. The van der Waals surface area contributed by atoms with E-state index >= 15 is 0 Å². The fraction of sp³-hybridized carbons (Fsp3) is 0.429. The van der Waals surface area contributed by atoms with Gasteiger partial charge in [0, 0.05) is 12.6 Å². The number of benzene rings is 2. The first kappa shape index (κ1) is 23.8. The molecular weight excluding hydrogens is 374 g/mol. The molecule has 3 nitrogen and oxygen atoms in total. The maximum absolute atomic E-state index is 13.6. The number of aromatic hydroxyl groups is 1. The predicted molar refractivity (Wildman–Crippen MR) is 102 cm³/mol. The monoisotopic (exact) mass is 401 g/mol. The van der Waals surface area contributed by atoms with Crippen molar-refractivity contribution in [2.45, 2.75) is 52.4 Å². The number of hydrogen-bond acceptors (Lipinski definition) is 3. The highest BCUT2D eigenvalue weighted by Gasteiger charge is 2.33. The van der Waals surface area contributed by atoms with Crippen LogP contribution in [0.3, 0.4) is 0 Å². The molecule has 0 heterocycles. The zero-order valence-corrected chi connectivity index (χ0v) is 16.5. The molecule has 0 bridgehead atoms. The van der Waals surface area contributed by atoms with E-state index in [9.17, 15) is 22.7 Å². The van der Waals surface area contributed by atoms with Gasteiger partial charge in [-0.3, -0.25) is 0 Å². The van der Waals surface area contributed by atoms with E-state index in [0.29, 0.717) is 11.3 Å². The molecule has 1 atom stereocenters. The number of nitrogens with one attached hydrogen (secondary N) is 1. The lowest BCUT2D eigenvalue weighted by Gasteiger charge is -2.15. The third kappa shape index (κ3) is 7.03. The zero-order chi connectivity index (χ0) is 21.3. The molecule has 0 aliphatic carbocycles. The Kier molecular flexibility index (Phi) is 9.25. The molecule has 2 aromatic carbocycles. The topological polar surface area (TPSA) is 41.5 Å². The zero-order valence-electron chi connectivity index (χ0n) is 16.5. The van der Waals surface area contributed by atoms with Gasteiger partial charge in [0.05, 0.1) is 12.7 Å². The quantitative estimate of drug-likeness (QED) is 0.585. The van der Waals surface area contributed by atoms with Gasteiger partial charge in [-0.2, -0.15) is 13.2 Å². The van der Waals surface area contributed by atoms with Crippen molar-refractivity contribution in [1.29, 1.82) is 0 Å². The van der Waals surface area contributed by atoms with Gasteiger partial charge in [0.15, 0.2) is 11.5 Å². The third-order valence-corrected chi connectivity index (χ3v) is 4.10. The van der Waals surface area contributed by atoms with Gasteiger partial charge >= 0.3 is 6.18 Å². The summed E-state index contributed by atoms with van der Waals surface area (Å²) in [6, 6.07) is 8.14. The molecule has 7 heteroatoms. The van der Waals surface area contributed by atoms with E-state index in [-0.39, 0.29) is 18.3 Å². The number of alkyl halides is 3. The summed E-state index contributed by atoms with van der Waals surface area (Å²) < 4.78 is 56.3. The molecule has 0 aromatic heterocycles. The van der Waals surface area contributed by atoms with Crippen LogP contribution in [-0.2, 0) is 19.1 Å². The van der Waals surface area contributed by atoms with Crippen molar-refractivity contribution in [3.8, 4) is 11.5 Å². The molecule has 0 saturated carbocycles. The van der Waals surface area contributed by atoms with Gasteiger partial charge in [-0.05, 0) is 55.2 Å². The smallest absolute Gasteiger partial charge is 0.419 e. The van der Waals surface area contributed by atoms with Crippen LogP contribution in [-0.4, -0.2) is 18.3 Å². The van der Waals surface area contributed by atoms with Crippen LogP contribution in [0.1, 0.15) is 43.9 Å². The first-order chi connectivity index (χ1) is 13.2. The lowest BCUT2D eigenvalue weighted by Crippen LogP contribution is -2.26. The van der Waals surface area contributed by atoms with E-state index in [4.69, 9.17) is 4.74 Å². The molecule has 0 spiro atoms. The van der Waals surface area contributed by atoms with Crippen LogP contribution in [0.25, 0.3) is 0 Å². The molecule has 0 aliphatic heterocycles. The molecule has 0 amide bonds. The number of hydrogen-bond donors (Lipinski definition) is 2. The van der Waals surface area contributed by atoms with Crippen molar-refractivity contribution < 1.29 is 27.4 Å². The van der Waals surface area contributed by atoms with Gasteiger partial charge in [-0.25, -0.2) is 4.39 Å². The number of rotatable bonds is 7. The maximum atomic E-state index is 13.6. The van der Waals surface area contributed by atoms with E-state index in [1.54, 1.807) is 18.2 Å². The van der Waals surface area contributed by atoms with Crippen LogP contribution in [0.5, 0.6) is 11.5 Å². The van der Waals surface area contributed by atoms with Gasteiger partial charge in [0.2, 0.25) is 0 Å². The number of ether oxygens (including phenoxy) is 1. The lowest BCUT2D eigenvalue weighted by atomic mass is 10.0. The molecule has 0 radical (unpaired) electrons. The Morgan fingerprint density at radius 3 is 2.29 bits per heavy atom. The Labute approximate surface area is 163 Å². The van der Waals surface area contributed by atoms with Crippen molar-refractivity contribution in [1.82, 2.24) is 5.32 Å². The summed E-state index contributed by atoms with van der Waals surface area (Å²) in [7, 11) is 1.48. The molecule has 156 valence electrons. The molecule has 0 saturated heterocycles. The van der Waals surface area contributed by atoms with Crippen molar-refractivity contribution in [3.05, 3.63) is 58.9 Å². The van der Waals surface area contributed by atoms with Crippen LogP contribution in [0.4, 0.5) is 17.6 Å². The molecule has 0 fully saturated rings. The van der Waals surface area contributed by atoms with Gasteiger partial charge in [-0.15, -0.1) is 0 Å². The lowest BCUT2D eigenvalue weighted by molar-refractivity contribution is -0.140. The molecule has 1 unspecified atom stereocenters. The first-order valence-electron chi connectivity index (χ1n) is 9.15. The summed E-state index contributed by atoms with van der Waals surface area (Å²) in [5.74, 6) is -0.782. The van der Waals surface area contributed by atoms with Crippen molar-refractivity contribution in [2.24, 2.45) is 0 Å². The van der Waals surface area contributed by atoms with Crippen molar-refractivity contribution in [2.75, 3.05) is 7.11 Å². The second-order valence-electron chi connectivity index (χ2n) is 6.14. The SMILES string of the molecule is CC.COc1cc(CCC(C)NCc2ccc(C(F)(F)F)c(F)c2)ccc1O. The maximum Gasteiger partial charge on any atom is 0.419 e. The average molecular weight is 401 g/mol. The number of phenolic OH excluding ortho intramolecular Hbond substituents is 1. The molecule has 28 heavy (non-hydrogen) atoms. The average Bonchev–Trinajstić information content (AvgIpc) is 2.66. The van der Waals surface area contributed by atoms with Crippen molar-refractivity contribution >= 4 is 0 Å². The summed E-state index contributed by atoms with van der Waals surface area (Å²) in [5, 5.41) is 12.7. The number of halogens is 4. The van der Waals surface area contributed by atoms with Crippen LogP contribution in [0.2, 0.25) is 0 Å². The number of phenols is 1. The van der Waals surface area contributed by atoms with Gasteiger partial charge in [-0.1, -0.05) is 26.0 Å². The minimum Gasteiger partial charge on any atom is -0.504 e. The van der Waals surface area contributed by atoms with E-state index in [2.05, 4.69) is 5.32 Å². The fourth-order valence-corrected chi connectivity index (χ4v) is 2.55. The third-order valence-electron chi connectivity index (χ3n) is 4.10. The normalized spacial score (nSPS) is 12.1. The highest BCUT2D eigenvalue weighted by molar-refractivity contribution is 5.41. The summed E-state index contributed by atoms with van der Waals surface area (Å²) in [6.45, 7) is 6.22. The summed E-state index contributed by atoms with van der Waals surface area (Å²) >= 11 is 0. The summed E-state index contributed by atoms with van der Waals surface area (Å²) in [5.41, 5.74) is 0.193. The minimum atomic E-state index is -4.69. The molecular formula is C21H27F4NO2. The molecule has 0 aliphatic rings. The van der Waals surface area contributed by atoms with E-state index in [1.165, 1.54) is 13.2 Å². The Bertz CT molecular complexity index is 748. The highest BCUT2D eigenvalue weighted by Crippen LogP contribution is 2.31. The number of aryl methyl sites for hydroxylation is 1. The van der Waals surface area contributed by atoms with Crippen LogP contribution in [0.15, 0.2) is 36.4 Å². The highest BCUT2D eigenvalue weighted by atomic mass is 19.4. The summed E-state index contributed by atoms with van der Waals surface area (Å²) in [6.07, 6.45) is -3.20. The Hall–Kier alpha value is -2.28. The van der Waals surface area contributed by atoms with Gasteiger partial charge in [0.25, 0.3) is 0 Å². The van der Waals surface area contributed by atoms with E-state index in [0.717, 1.165) is 30.5 Å². The van der Waals surface area contributed by atoms with Gasteiger partial charge in [0.1, 0.15) is 5.82 Å². The van der Waals surface area contributed by atoms with Crippen LogP contribution >= 0.6 is 0 Å². The fourth-order valence-electron chi connectivity index (χ4n) is 2.55. The predicted octanol–water partition coefficient (Wildman–Crippen LogP) is 5.70. The largest absolute Gasteiger partial charge is 0.504 e. The minimum absolute atomic E-state index is 0.0696. The summed E-state index contributed by atoms with van der Waals surface area (Å²) in [4.78, 5) is 0. The van der Waals surface area contributed by atoms with Crippen molar-refractivity contribution in [3.63, 3.8) is 0 Å². The Morgan fingerprint density at radius 1 is 1.07 bits per heavy atom.